The van der Waals surface area contributed by atoms with Crippen molar-refractivity contribution in [3.05, 3.63) is 125 Å². The van der Waals surface area contributed by atoms with Crippen LogP contribution in [0.4, 0.5) is 0 Å². The molecule has 31 heavy (non-hydrogen) atoms. The van der Waals surface area contributed by atoms with Gasteiger partial charge in [-0.2, -0.15) is 0 Å². The summed E-state index contributed by atoms with van der Waals surface area (Å²) < 4.78 is 1.20. The minimum Gasteiger partial charge on any atom is -0.508 e. The molecule has 1 aromatic heterocycles. The van der Waals surface area contributed by atoms with E-state index >= 15 is 0 Å². The largest absolute Gasteiger partial charge is 0.508 e. The van der Waals surface area contributed by atoms with Crippen LogP contribution in [0.2, 0.25) is 0 Å². The highest BCUT2D eigenvalue weighted by molar-refractivity contribution is 7.19. The Bertz CT molecular complexity index is 1300. The molecule has 1 atom stereocenters. The number of phenolic OH excluding ortho intramolecular Hbond substituents is 1. The van der Waals surface area contributed by atoms with Crippen molar-refractivity contribution >= 4 is 21.4 Å². The van der Waals surface area contributed by atoms with Crippen LogP contribution in [-0.4, -0.2) is 10.2 Å². The third-order valence-electron chi connectivity index (χ3n) is 5.62. The van der Waals surface area contributed by atoms with E-state index < -0.39 is 6.10 Å². The third-order valence-corrected chi connectivity index (χ3v) is 6.81. The number of fused-ring (bicyclic) bond motifs is 1. The normalized spacial score (nSPS) is 12.2. The van der Waals surface area contributed by atoms with Gasteiger partial charge in [0.1, 0.15) is 11.9 Å². The van der Waals surface area contributed by atoms with E-state index in [9.17, 15) is 10.2 Å². The first-order valence-corrected chi connectivity index (χ1v) is 11.1. The second kappa shape index (κ2) is 8.38. The molecule has 1 unspecified atom stereocenters. The SMILES string of the molecule is Oc1ccc(-c2ccc(C(O)c3c(Cc4ccccc4)sc4ccccc34)cc2)cc1. The molecule has 5 aromatic rings. The van der Waals surface area contributed by atoms with Gasteiger partial charge in [-0.25, -0.2) is 0 Å². The summed E-state index contributed by atoms with van der Waals surface area (Å²) in [6.45, 7) is 0. The van der Waals surface area contributed by atoms with E-state index in [0.717, 1.165) is 34.1 Å². The molecule has 4 aromatic carbocycles. The van der Waals surface area contributed by atoms with Crippen LogP contribution < -0.4 is 0 Å². The minimum atomic E-state index is -0.691. The Hall–Kier alpha value is -3.40. The van der Waals surface area contributed by atoms with Crippen LogP contribution in [0.1, 0.15) is 27.7 Å². The topological polar surface area (TPSA) is 40.5 Å². The van der Waals surface area contributed by atoms with E-state index in [-0.39, 0.29) is 5.75 Å². The number of rotatable bonds is 5. The van der Waals surface area contributed by atoms with Gasteiger partial charge in [-0.15, -0.1) is 11.3 Å². The van der Waals surface area contributed by atoms with Crippen LogP contribution in [0.3, 0.4) is 0 Å². The molecule has 3 heteroatoms. The molecule has 0 saturated carbocycles. The molecule has 0 aliphatic rings. The maximum Gasteiger partial charge on any atom is 0.115 e. The molecule has 0 fully saturated rings. The fraction of sp³-hybridized carbons (Fsp3) is 0.0714. The highest BCUT2D eigenvalue weighted by atomic mass is 32.1. The minimum absolute atomic E-state index is 0.256. The van der Waals surface area contributed by atoms with Gasteiger partial charge in [0, 0.05) is 21.6 Å². The zero-order valence-corrected chi connectivity index (χ0v) is 17.7. The van der Waals surface area contributed by atoms with Gasteiger partial charge < -0.3 is 10.2 Å². The van der Waals surface area contributed by atoms with Gasteiger partial charge in [0.05, 0.1) is 0 Å². The molecule has 2 N–H and O–H groups in total. The van der Waals surface area contributed by atoms with Gasteiger partial charge in [-0.05, 0) is 45.8 Å². The van der Waals surface area contributed by atoms with Crippen molar-refractivity contribution in [1.82, 2.24) is 0 Å². The summed E-state index contributed by atoms with van der Waals surface area (Å²) in [4.78, 5) is 1.20. The van der Waals surface area contributed by atoms with Gasteiger partial charge in [-0.1, -0.05) is 84.9 Å². The second-order valence-corrected chi connectivity index (χ2v) is 8.81. The Morgan fingerprint density at radius 1 is 0.677 bits per heavy atom. The molecule has 0 aliphatic carbocycles. The smallest absolute Gasteiger partial charge is 0.115 e. The van der Waals surface area contributed by atoms with Gasteiger partial charge in [-0.3, -0.25) is 0 Å². The summed E-state index contributed by atoms with van der Waals surface area (Å²) in [5.74, 6) is 0.256. The zero-order chi connectivity index (χ0) is 21.2. The number of hydrogen-bond acceptors (Lipinski definition) is 3. The molecular weight excluding hydrogens is 400 g/mol. The van der Waals surface area contributed by atoms with E-state index in [1.165, 1.54) is 15.1 Å². The van der Waals surface area contributed by atoms with Crippen molar-refractivity contribution in [2.75, 3.05) is 0 Å². The standard InChI is InChI=1S/C28H22O2S/c29-23-16-14-21(15-17-23)20-10-12-22(13-11-20)28(30)27-24-8-4-5-9-25(24)31-26(27)18-19-6-2-1-3-7-19/h1-17,28-30H,18H2. The monoisotopic (exact) mass is 422 g/mol. The lowest BCUT2D eigenvalue weighted by Gasteiger charge is -2.14. The Labute approximate surface area is 185 Å². The molecule has 0 amide bonds. The van der Waals surface area contributed by atoms with Gasteiger partial charge in [0.15, 0.2) is 0 Å². The lowest BCUT2D eigenvalue weighted by atomic mass is 9.95. The lowest BCUT2D eigenvalue weighted by molar-refractivity contribution is 0.221. The van der Waals surface area contributed by atoms with E-state index in [4.69, 9.17) is 0 Å². The zero-order valence-electron chi connectivity index (χ0n) is 16.9. The van der Waals surface area contributed by atoms with Crippen LogP contribution in [0.15, 0.2) is 103 Å². The Kier molecular flexibility index (Phi) is 5.29. The van der Waals surface area contributed by atoms with Crippen LogP contribution in [0.5, 0.6) is 5.75 Å². The summed E-state index contributed by atoms with van der Waals surface area (Å²) in [7, 11) is 0. The van der Waals surface area contributed by atoms with Gasteiger partial charge in [0.2, 0.25) is 0 Å². The fourth-order valence-corrected chi connectivity index (χ4v) is 5.28. The first-order chi connectivity index (χ1) is 15.2. The first-order valence-electron chi connectivity index (χ1n) is 10.3. The van der Waals surface area contributed by atoms with Crippen molar-refractivity contribution < 1.29 is 10.2 Å². The summed E-state index contributed by atoms with van der Waals surface area (Å²) in [6, 6.07) is 33.9. The molecule has 2 nitrogen and oxygen atoms in total. The summed E-state index contributed by atoms with van der Waals surface area (Å²) in [6.07, 6.45) is 0.113. The number of benzene rings is 4. The van der Waals surface area contributed by atoms with Gasteiger partial charge in [0.25, 0.3) is 0 Å². The van der Waals surface area contributed by atoms with Crippen molar-refractivity contribution in [2.24, 2.45) is 0 Å². The molecule has 152 valence electrons. The maximum atomic E-state index is 11.4. The Balaban J connectivity index is 1.52. The molecule has 0 aliphatic heterocycles. The predicted molar refractivity (Wildman–Crippen MR) is 129 cm³/mol. The quantitative estimate of drug-likeness (QED) is 0.322. The van der Waals surface area contributed by atoms with E-state index in [2.05, 4.69) is 36.4 Å². The second-order valence-electron chi connectivity index (χ2n) is 7.67. The summed E-state index contributed by atoms with van der Waals surface area (Å²) in [5, 5.41) is 22.0. The maximum absolute atomic E-state index is 11.4. The molecule has 0 radical (unpaired) electrons. The Morgan fingerprint density at radius 2 is 1.29 bits per heavy atom. The number of phenols is 1. The highest BCUT2D eigenvalue weighted by Gasteiger charge is 2.21. The summed E-state index contributed by atoms with van der Waals surface area (Å²) >= 11 is 1.76. The number of aromatic hydroxyl groups is 1. The van der Waals surface area contributed by atoms with Gasteiger partial charge >= 0.3 is 0 Å². The van der Waals surface area contributed by atoms with Crippen LogP contribution in [0, 0.1) is 0 Å². The predicted octanol–water partition coefficient (Wildman–Crippen LogP) is 6.95. The average Bonchev–Trinajstić information content (AvgIpc) is 3.17. The van der Waals surface area contributed by atoms with Crippen molar-refractivity contribution in [3.63, 3.8) is 0 Å². The molecule has 0 bridgehead atoms. The van der Waals surface area contributed by atoms with Crippen molar-refractivity contribution in [3.8, 4) is 16.9 Å². The molecule has 5 rings (SSSR count). The average molecular weight is 423 g/mol. The van der Waals surface area contributed by atoms with Crippen molar-refractivity contribution in [1.29, 1.82) is 0 Å². The Morgan fingerprint density at radius 3 is 2.00 bits per heavy atom. The number of hydrogen-bond donors (Lipinski definition) is 2. The molecule has 1 heterocycles. The van der Waals surface area contributed by atoms with Crippen molar-refractivity contribution in [2.45, 2.75) is 12.5 Å². The lowest BCUT2D eigenvalue weighted by Crippen LogP contribution is -2.02. The van der Waals surface area contributed by atoms with E-state index in [0.29, 0.717) is 0 Å². The van der Waals surface area contributed by atoms with Crippen LogP contribution in [0.25, 0.3) is 21.2 Å². The number of aliphatic hydroxyl groups excluding tert-OH is 1. The van der Waals surface area contributed by atoms with E-state index in [1.54, 1.807) is 23.5 Å². The summed E-state index contributed by atoms with van der Waals surface area (Å²) in [5.41, 5.74) is 5.20. The molecular formula is C28H22O2S. The number of thiophene rings is 1. The highest BCUT2D eigenvalue weighted by Crippen LogP contribution is 2.39. The van der Waals surface area contributed by atoms with Crippen LogP contribution >= 0.6 is 11.3 Å². The van der Waals surface area contributed by atoms with E-state index in [1.807, 2.05) is 54.6 Å². The number of aliphatic hydroxyl groups is 1. The molecule has 0 spiro atoms. The fourth-order valence-electron chi connectivity index (χ4n) is 4.01. The molecule has 0 saturated heterocycles. The third kappa shape index (κ3) is 3.98. The first kappa shape index (κ1) is 19.6. The van der Waals surface area contributed by atoms with Crippen LogP contribution in [-0.2, 0) is 6.42 Å².